The van der Waals surface area contributed by atoms with Crippen molar-refractivity contribution in [2.75, 3.05) is 0 Å². The quantitative estimate of drug-likeness (QED) is 0.750. The smallest absolute Gasteiger partial charge is 0.261 e. The average molecular weight is 309 g/mol. The summed E-state index contributed by atoms with van der Waals surface area (Å²) in [6.45, 7) is 0.274. The third-order valence-electron chi connectivity index (χ3n) is 4.14. The Hall–Kier alpha value is -2.96. The van der Waals surface area contributed by atoms with Gasteiger partial charge in [0.05, 0.1) is 12.2 Å². The van der Waals surface area contributed by atoms with Gasteiger partial charge in [0.15, 0.2) is 5.65 Å². The van der Waals surface area contributed by atoms with Crippen molar-refractivity contribution in [3.05, 3.63) is 63.5 Å². The van der Waals surface area contributed by atoms with Crippen LogP contribution in [-0.2, 0) is 19.4 Å². The van der Waals surface area contributed by atoms with Crippen LogP contribution in [0.25, 0.3) is 5.65 Å². The summed E-state index contributed by atoms with van der Waals surface area (Å²) in [5.74, 6) is -0.377. The van der Waals surface area contributed by atoms with Crippen LogP contribution in [0.3, 0.4) is 0 Å². The summed E-state index contributed by atoms with van der Waals surface area (Å²) in [6, 6.07) is 7.26. The SMILES string of the molecule is O=C(NCc1cccc2ncnn12)c1cc2c([nH]c1=O)CCC2. The van der Waals surface area contributed by atoms with Gasteiger partial charge < -0.3 is 10.3 Å². The number of hydrogen-bond donors (Lipinski definition) is 2. The second-order valence-corrected chi connectivity index (χ2v) is 5.60. The minimum atomic E-state index is -0.377. The van der Waals surface area contributed by atoms with Gasteiger partial charge in [-0.05, 0) is 43.0 Å². The van der Waals surface area contributed by atoms with Crippen molar-refractivity contribution in [2.45, 2.75) is 25.8 Å². The second kappa shape index (κ2) is 5.35. The van der Waals surface area contributed by atoms with Crippen molar-refractivity contribution in [3.8, 4) is 0 Å². The van der Waals surface area contributed by atoms with E-state index in [1.807, 2.05) is 18.2 Å². The van der Waals surface area contributed by atoms with E-state index in [9.17, 15) is 9.59 Å². The Morgan fingerprint density at radius 3 is 3.17 bits per heavy atom. The average Bonchev–Trinajstić information content (AvgIpc) is 3.20. The van der Waals surface area contributed by atoms with Gasteiger partial charge >= 0.3 is 0 Å². The third-order valence-corrected chi connectivity index (χ3v) is 4.14. The van der Waals surface area contributed by atoms with E-state index in [4.69, 9.17) is 0 Å². The zero-order valence-corrected chi connectivity index (χ0v) is 12.4. The van der Waals surface area contributed by atoms with E-state index < -0.39 is 0 Å². The number of H-pyrrole nitrogens is 1. The molecule has 0 spiro atoms. The maximum absolute atomic E-state index is 12.3. The maximum atomic E-state index is 12.3. The second-order valence-electron chi connectivity index (χ2n) is 5.60. The molecule has 3 heterocycles. The Balaban J connectivity index is 1.57. The number of rotatable bonds is 3. The molecule has 1 amide bonds. The molecule has 116 valence electrons. The molecule has 0 radical (unpaired) electrons. The Kier molecular flexibility index (Phi) is 3.18. The molecule has 0 aliphatic heterocycles. The number of carbonyl (C=O) groups is 1. The highest BCUT2D eigenvalue weighted by Crippen LogP contribution is 2.18. The van der Waals surface area contributed by atoms with Crippen molar-refractivity contribution in [2.24, 2.45) is 0 Å². The van der Waals surface area contributed by atoms with Crippen molar-refractivity contribution in [1.29, 1.82) is 0 Å². The Morgan fingerprint density at radius 1 is 1.35 bits per heavy atom. The Morgan fingerprint density at radius 2 is 2.26 bits per heavy atom. The highest BCUT2D eigenvalue weighted by molar-refractivity contribution is 5.94. The molecular weight excluding hydrogens is 294 g/mol. The van der Waals surface area contributed by atoms with Crippen LogP contribution in [0, 0.1) is 0 Å². The van der Waals surface area contributed by atoms with Gasteiger partial charge in [0.1, 0.15) is 11.9 Å². The van der Waals surface area contributed by atoms with Gasteiger partial charge in [-0.15, -0.1) is 0 Å². The van der Waals surface area contributed by atoms with Crippen molar-refractivity contribution >= 4 is 11.6 Å². The number of pyridine rings is 2. The number of amides is 1. The fourth-order valence-corrected chi connectivity index (χ4v) is 2.98. The van der Waals surface area contributed by atoms with E-state index in [-0.39, 0.29) is 23.6 Å². The Labute approximate surface area is 131 Å². The summed E-state index contributed by atoms with van der Waals surface area (Å²) in [4.78, 5) is 31.3. The lowest BCUT2D eigenvalue weighted by molar-refractivity contribution is 0.0948. The first-order chi connectivity index (χ1) is 11.2. The first kappa shape index (κ1) is 13.7. The number of carbonyl (C=O) groups excluding carboxylic acids is 1. The van der Waals surface area contributed by atoms with E-state index in [0.29, 0.717) is 5.65 Å². The zero-order chi connectivity index (χ0) is 15.8. The third kappa shape index (κ3) is 2.40. The normalized spacial score (nSPS) is 13.2. The van der Waals surface area contributed by atoms with Crippen LogP contribution >= 0.6 is 0 Å². The fraction of sp³-hybridized carbons (Fsp3) is 0.250. The first-order valence-electron chi connectivity index (χ1n) is 7.53. The summed E-state index contributed by atoms with van der Waals surface area (Å²) >= 11 is 0. The lowest BCUT2D eigenvalue weighted by Gasteiger charge is -2.07. The highest BCUT2D eigenvalue weighted by atomic mass is 16.2. The molecule has 7 heteroatoms. The first-order valence-corrected chi connectivity index (χ1v) is 7.53. The van der Waals surface area contributed by atoms with Gasteiger partial charge in [-0.1, -0.05) is 6.07 Å². The van der Waals surface area contributed by atoms with Crippen LogP contribution < -0.4 is 10.9 Å². The van der Waals surface area contributed by atoms with E-state index in [2.05, 4.69) is 20.4 Å². The molecule has 1 aliphatic rings. The van der Waals surface area contributed by atoms with Gasteiger partial charge in [0, 0.05) is 5.69 Å². The van der Waals surface area contributed by atoms with E-state index in [1.165, 1.54) is 6.33 Å². The van der Waals surface area contributed by atoms with E-state index in [0.717, 1.165) is 36.2 Å². The predicted octanol–water partition coefficient (Wildman–Crippen LogP) is 0.836. The molecule has 0 saturated carbocycles. The van der Waals surface area contributed by atoms with Gasteiger partial charge in [0.25, 0.3) is 11.5 Å². The number of fused-ring (bicyclic) bond motifs is 2. The summed E-state index contributed by atoms with van der Waals surface area (Å²) in [5.41, 5.74) is 3.36. The molecule has 3 aromatic rings. The molecule has 0 fully saturated rings. The van der Waals surface area contributed by atoms with Gasteiger partial charge in [-0.3, -0.25) is 9.59 Å². The van der Waals surface area contributed by atoms with Crippen molar-refractivity contribution in [1.82, 2.24) is 24.9 Å². The number of nitrogens with one attached hydrogen (secondary N) is 2. The molecule has 0 bridgehead atoms. The van der Waals surface area contributed by atoms with E-state index in [1.54, 1.807) is 10.6 Å². The minimum Gasteiger partial charge on any atom is -0.346 e. The number of aromatic nitrogens is 4. The standard InChI is InChI=1S/C16H15N5O2/c22-15(12-7-10-3-1-5-13(10)20-16(12)23)17-8-11-4-2-6-14-18-9-19-21(11)14/h2,4,6-7,9H,1,3,5,8H2,(H,17,22)(H,20,23). The summed E-state index contributed by atoms with van der Waals surface area (Å²) in [7, 11) is 0. The van der Waals surface area contributed by atoms with Crippen molar-refractivity contribution in [3.63, 3.8) is 0 Å². The maximum Gasteiger partial charge on any atom is 0.261 e. The molecule has 23 heavy (non-hydrogen) atoms. The topological polar surface area (TPSA) is 92.2 Å². The van der Waals surface area contributed by atoms with E-state index >= 15 is 0 Å². The molecule has 1 aliphatic carbocycles. The molecule has 3 aromatic heterocycles. The monoisotopic (exact) mass is 309 g/mol. The fourth-order valence-electron chi connectivity index (χ4n) is 2.98. The van der Waals surface area contributed by atoms with Crippen LogP contribution in [0.15, 0.2) is 35.4 Å². The van der Waals surface area contributed by atoms with Gasteiger partial charge in [-0.25, -0.2) is 9.50 Å². The molecule has 0 saturated heterocycles. The van der Waals surface area contributed by atoms with Gasteiger partial charge in [-0.2, -0.15) is 5.10 Å². The predicted molar refractivity (Wildman–Crippen MR) is 83.2 cm³/mol. The van der Waals surface area contributed by atoms with Crippen LogP contribution in [0.1, 0.15) is 33.7 Å². The van der Waals surface area contributed by atoms with Crippen molar-refractivity contribution < 1.29 is 4.79 Å². The molecule has 0 unspecified atom stereocenters. The Bertz CT molecular complexity index is 957. The van der Waals surface area contributed by atoms with Crippen LogP contribution in [-0.4, -0.2) is 25.5 Å². The number of aromatic amines is 1. The molecule has 0 aromatic carbocycles. The van der Waals surface area contributed by atoms with Crippen LogP contribution in [0.5, 0.6) is 0 Å². The number of nitrogens with zero attached hydrogens (tertiary/aromatic N) is 3. The lowest BCUT2D eigenvalue weighted by atomic mass is 10.1. The molecule has 7 nitrogen and oxygen atoms in total. The largest absolute Gasteiger partial charge is 0.346 e. The number of hydrogen-bond acceptors (Lipinski definition) is 4. The summed E-state index contributed by atoms with van der Waals surface area (Å²) in [5, 5.41) is 6.90. The van der Waals surface area contributed by atoms with Crippen LogP contribution in [0.2, 0.25) is 0 Å². The summed E-state index contributed by atoms with van der Waals surface area (Å²) in [6.07, 6.45) is 4.27. The number of aryl methyl sites for hydroxylation is 2. The summed E-state index contributed by atoms with van der Waals surface area (Å²) < 4.78 is 1.66. The molecule has 4 rings (SSSR count). The molecule has 2 N–H and O–H groups in total. The highest BCUT2D eigenvalue weighted by Gasteiger charge is 2.18. The molecule has 0 atom stereocenters. The lowest BCUT2D eigenvalue weighted by Crippen LogP contribution is -2.30. The van der Waals surface area contributed by atoms with Gasteiger partial charge in [0.2, 0.25) is 0 Å². The zero-order valence-electron chi connectivity index (χ0n) is 12.4. The molecular formula is C16H15N5O2. The minimum absolute atomic E-state index is 0.163. The van der Waals surface area contributed by atoms with Crippen LogP contribution in [0.4, 0.5) is 0 Å².